The predicted molar refractivity (Wildman–Crippen MR) is 127 cm³/mol. The van der Waals surface area contributed by atoms with Gasteiger partial charge in [-0.1, -0.05) is 19.1 Å². The largest absolute Gasteiger partial charge is 0.442 e. The van der Waals surface area contributed by atoms with Crippen molar-refractivity contribution in [2.24, 2.45) is 0 Å². The van der Waals surface area contributed by atoms with Crippen LogP contribution in [0, 0.1) is 10.1 Å². The molecule has 1 N–H and O–H groups in total. The fourth-order valence-electron chi connectivity index (χ4n) is 2.57. The average molecular weight is 520 g/mol. The smallest absolute Gasteiger partial charge is 0.434 e. The lowest BCUT2D eigenvalue weighted by Crippen LogP contribution is -2.53. The Morgan fingerprint density at radius 1 is 1.17 bits per heavy atom. The summed E-state index contributed by atoms with van der Waals surface area (Å²) in [6.45, 7) is 14.7. The maximum atomic E-state index is 13.1. The molecule has 0 unspecified atom stereocenters. The Morgan fingerprint density at radius 2 is 1.83 bits per heavy atom. The van der Waals surface area contributed by atoms with E-state index in [1.807, 2.05) is 19.1 Å². The van der Waals surface area contributed by atoms with E-state index >= 15 is 0 Å². The number of urea groups is 1. The lowest BCUT2D eigenvalue weighted by atomic mass is 10.2. The molecule has 8 heteroatoms. The molecule has 0 aliphatic rings. The Kier molecular flexibility index (Phi) is 8.06. The molecule has 0 bridgehead atoms. The summed E-state index contributed by atoms with van der Waals surface area (Å²) >= 11 is 2.19. The first-order chi connectivity index (χ1) is 14.1. The quantitative estimate of drug-likeness (QED) is 0.287. The number of hydrogen-bond acceptors (Lipinski definition) is 3. The summed E-state index contributed by atoms with van der Waals surface area (Å²) in [6.07, 6.45) is -0.0853. The molecule has 3 amide bonds. The van der Waals surface area contributed by atoms with Gasteiger partial charge >= 0.3 is 12.1 Å². The summed E-state index contributed by atoms with van der Waals surface area (Å²) in [5.41, 5.74) is 0.595. The molecule has 0 aliphatic heterocycles. The van der Waals surface area contributed by atoms with E-state index in [2.05, 4.69) is 32.8 Å². The van der Waals surface area contributed by atoms with E-state index < -0.39 is 17.7 Å². The van der Waals surface area contributed by atoms with Crippen LogP contribution < -0.4 is 10.3 Å². The SMILES string of the molecule is [C-]#[N+]c1cccc(N(C(=O)OC(C)(C)C)N(CCC)C(=O)Nc2ccc(I)cc2)c1. The van der Waals surface area contributed by atoms with Crippen molar-refractivity contribution < 1.29 is 14.3 Å². The molecule has 2 rings (SSSR count). The third-order valence-electron chi connectivity index (χ3n) is 3.78. The van der Waals surface area contributed by atoms with Gasteiger partial charge in [0, 0.05) is 15.8 Å². The molecule has 0 radical (unpaired) electrons. The van der Waals surface area contributed by atoms with Crippen molar-refractivity contribution in [1.82, 2.24) is 5.01 Å². The van der Waals surface area contributed by atoms with Crippen LogP contribution in [-0.4, -0.2) is 29.3 Å². The van der Waals surface area contributed by atoms with Crippen molar-refractivity contribution in [1.29, 1.82) is 0 Å². The molecule has 0 saturated carbocycles. The minimum absolute atomic E-state index is 0.275. The van der Waals surface area contributed by atoms with Crippen molar-refractivity contribution in [2.75, 3.05) is 16.9 Å². The summed E-state index contributed by atoms with van der Waals surface area (Å²) in [5, 5.41) is 5.31. The summed E-state index contributed by atoms with van der Waals surface area (Å²) in [5.74, 6) is 0. The monoisotopic (exact) mass is 520 g/mol. The highest BCUT2D eigenvalue weighted by molar-refractivity contribution is 14.1. The number of halogens is 1. The van der Waals surface area contributed by atoms with Gasteiger partial charge in [0.05, 0.1) is 12.3 Å². The summed E-state index contributed by atoms with van der Waals surface area (Å²) in [6, 6.07) is 13.4. The molecule has 30 heavy (non-hydrogen) atoms. The highest BCUT2D eigenvalue weighted by Gasteiger charge is 2.31. The molecule has 0 atom stereocenters. The van der Waals surface area contributed by atoms with Crippen LogP contribution in [0.25, 0.3) is 4.85 Å². The molecule has 0 heterocycles. The summed E-state index contributed by atoms with van der Waals surface area (Å²) in [4.78, 5) is 29.6. The van der Waals surface area contributed by atoms with Gasteiger partial charge in [0.25, 0.3) is 0 Å². The number of ether oxygens (including phenoxy) is 1. The predicted octanol–water partition coefficient (Wildman–Crippen LogP) is 6.44. The highest BCUT2D eigenvalue weighted by Crippen LogP contribution is 2.26. The van der Waals surface area contributed by atoms with E-state index in [1.54, 1.807) is 57.2 Å². The van der Waals surface area contributed by atoms with E-state index in [-0.39, 0.29) is 6.54 Å². The zero-order valence-electron chi connectivity index (χ0n) is 17.5. The number of carbonyl (C=O) groups excluding carboxylic acids is 2. The van der Waals surface area contributed by atoms with Crippen LogP contribution >= 0.6 is 22.6 Å². The zero-order valence-corrected chi connectivity index (χ0v) is 19.6. The van der Waals surface area contributed by atoms with Crippen molar-refractivity contribution in [2.45, 2.75) is 39.7 Å². The Hall–Kier alpha value is -2.80. The molecular formula is C22H25IN4O3. The molecule has 0 fully saturated rings. The van der Waals surface area contributed by atoms with Crippen LogP contribution in [0.4, 0.5) is 26.7 Å². The molecule has 0 aromatic heterocycles. The maximum absolute atomic E-state index is 13.1. The van der Waals surface area contributed by atoms with Gasteiger partial charge in [-0.3, -0.25) is 0 Å². The van der Waals surface area contributed by atoms with Crippen molar-refractivity contribution in [3.63, 3.8) is 0 Å². The number of amides is 3. The van der Waals surface area contributed by atoms with Gasteiger partial charge in [-0.15, -0.1) is 0 Å². The van der Waals surface area contributed by atoms with Gasteiger partial charge in [0.1, 0.15) is 5.60 Å². The van der Waals surface area contributed by atoms with Gasteiger partial charge in [-0.05, 0) is 86.2 Å². The first-order valence-electron chi connectivity index (χ1n) is 9.49. The standard InChI is InChI=1S/C22H25IN4O3/c1-6-14-26(20(28)25-17-12-10-16(23)11-13-17)27(21(29)30-22(2,3)4)19-9-7-8-18(15-19)24-5/h7-13,15H,6,14H2,1-4H3,(H,25,28). The van der Waals surface area contributed by atoms with Gasteiger partial charge in [0.15, 0.2) is 5.69 Å². The van der Waals surface area contributed by atoms with Gasteiger partial charge < -0.3 is 10.1 Å². The van der Waals surface area contributed by atoms with E-state index in [0.29, 0.717) is 23.5 Å². The van der Waals surface area contributed by atoms with E-state index in [4.69, 9.17) is 11.3 Å². The van der Waals surface area contributed by atoms with Crippen LogP contribution in [0.5, 0.6) is 0 Å². The molecule has 2 aromatic carbocycles. The molecular weight excluding hydrogens is 495 g/mol. The number of rotatable bonds is 4. The first-order valence-corrected chi connectivity index (χ1v) is 10.6. The van der Waals surface area contributed by atoms with Gasteiger partial charge in [-0.2, -0.15) is 5.01 Å². The fraction of sp³-hybridized carbons (Fsp3) is 0.318. The van der Waals surface area contributed by atoms with Crippen molar-refractivity contribution in [3.8, 4) is 0 Å². The second-order valence-corrected chi connectivity index (χ2v) is 8.73. The third kappa shape index (κ3) is 6.62. The Morgan fingerprint density at radius 3 is 2.40 bits per heavy atom. The normalized spacial score (nSPS) is 10.7. The lowest BCUT2D eigenvalue weighted by Gasteiger charge is -2.35. The molecule has 0 aliphatic carbocycles. The molecule has 0 saturated heterocycles. The fourth-order valence-corrected chi connectivity index (χ4v) is 2.93. The van der Waals surface area contributed by atoms with Gasteiger partial charge in [-0.25, -0.2) is 19.4 Å². The number of carbonyl (C=O) groups is 2. The van der Waals surface area contributed by atoms with Crippen LogP contribution in [-0.2, 0) is 4.74 Å². The highest BCUT2D eigenvalue weighted by atomic mass is 127. The first kappa shape index (κ1) is 23.5. The van der Waals surface area contributed by atoms with Crippen LogP contribution in [0.2, 0.25) is 0 Å². The topological polar surface area (TPSA) is 66.2 Å². The second kappa shape index (κ2) is 10.3. The number of hydrazine groups is 1. The van der Waals surface area contributed by atoms with Crippen LogP contribution in [0.15, 0.2) is 48.5 Å². The number of nitrogens with one attached hydrogen (secondary N) is 1. The number of nitrogens with zero attached hydrogens (tertiary/aromatic N) is 3. The van der Waals surface area contributed by atoms with Crippen LogP contribution in [0.3, 0.4) is 0 Å². The van der Waals surface area contributed by atoms with Crippen molar-refractivity contribution >= 4 is 51.8 Å². The zero-order chi connectivity index (χ0) is 22.3. The number of hydrogen-bond donors (Lipinski definition) is 1. The molecule has 7 nitrogen and oxygen atoms in total. The lowest BCUT2D eigenvalue weighted by molar-refractivity contribution is 0.0492. The summed E-state index contributed by atoms with van der Waals surface area (Å²) in [7, 11) is 0. The minimum Gasteiger partial charge on any atom is -0.442 e. The molecule has 2 aromatic rings. The molecule has 0 spiro atoms. The van der Waals surface area contributed by atoms with Gasteiger partial charge in [0.2, 0.25) is 0 Å². The van der Waals surface area contributed by atoms with E-state index in [1.165, 1.54) is 10.0 Å². The van der Waals surface area contributed by atoms with Crippen molar-refractivity contribution in [3.05, 3.63) is 63.5 Å². The third-order valence-corrected chi connectivity index (χ3v) is 4.50. The second-order valence-electron chi connectivity index (χ2n) is 7.48. The minimum atomic E-state index is -0.753. The maximum Gasteiger partial charge on any atom is 0.434 e. The Labute approximate surface area is 190 Å². The summed E-state index contributed by atoms with van der Waals surface area (Å²) < 4.78 is 6.60. The van der Waals surface area contributed by atoms with E-state index in [9.17, 15) is 9.59 Å². The molecule has 158 valence electrons. The Balaban J connectivity index is 2.44. The Bertz CT molecular complexity index is 933. The average Bonchev–Trinajstić information content (AvgIpc) is 2.68. The van der Waals surface area contributed by atoms with Crippen LogP contribution in [0.1, 0.15) is 34.1 Å². The number of anilines is 2. The van der Waals surface area contributed by atoms with E-state index in [0.717, 1.165) is 3.57 Å². The number of benzene rings is 2.